The third kappa shape index (κ3) is 7.07. The van der Waals surface area contributed by atoms with Crippen LogP contribution in [0.1, 0.15) is 51.9 Å². The maximum Gasteiger partial charge on any atom is 0.333 e. The summed E-state index contributed by atoms with van der Waals surface area (Å²) in [5, 5.41) is 2.11. The van der Waals surface area contributed by atoms with Crippen LogP contribution in [-0.2, 0) is 19.2 Å². The molecule has 1 unspecified atom stereocenters. The fourth-order valence-electron chi connectivity index (χ4n) is 2.26. The molecule has 2 heterocycles. The molecule has 0 radical (unpaired) electrons. The lowest BCUT2D eigenvalue weighted by Gasteiger charge is -2.12. The second kappa shape index (κ2) is 10.5. The number of hydrogen-bond acceptors (Lipinski definition) is 7. The molecule has 1 aliphatic rings. The third-order valence-corrected chi connectivity index (χ3v) is 6.49. The first-order valence-electron chi connectivity index (χ1n) is 8.37. The van der Waals surface area contributed by atoms with E-state index in [1.165, 1.54) is 0 Å². The maximum absolute atomic E-state index is 11.7. The average Bonchev–Trinajstić information content (AvgIpc) is 2.92. The second-order valence-corrected chi connectivity index (χ2v) is 8.46. The summed E-state index contributed by atoms with van der Waals surface area (Å²) in [6, 6.07) is 5.87. The SMILES string of the molecule is CC(CCCCCC(=O)ON1C(=O)CCC1=O)SSc1ccccn1. The number of pyridine rings is 1. The Bertz CT molecular complexity index is 582. The molecule has 1 atom stereocenters. The number of rotatable bonds is 10. The smallest absolute Gasteiger partial charge is 0.330 e. The number of amides is 2. The van der Waals surface area contributed by atoms with Gasteiger partial charge in [-0.05, 0) is 35.8 Å². The topological polar surface area (TPSA) is 76.6 Å². The van der Waals surface area contributed by atoms with Crippen LogP contribution in [0.5, 0.6) is 0 Å². The standard InChI is InChI=1S/C17H22N2O4S2/c1-13(24-25-14-8-5-6-12-18-14)7-3-2-4-9-17(22)23-19-15(20)10-11-16(19)21/h5-6,8,12-13H,2-4,7,9-11H2,1H3. The van der Waals surface area contributed by atoms with Gasteiger partial charge in [0, 0.05) is 30.7 Å². The highest BCUT2D eigenvalue weighted by molar-refractivity contribution is 8.76. The van der Waals surface area contributed by atoms with Gasteiger partial charge in [0.1, 0.15) is 5.03 Å². The van der Waals surface area contributed by atoms with Gasteiger partial charge in [-0.25, -0.2) is 9.78 Å². The van der Waals surface area contributed by atoms with Crippen molar-refractivity contribution in [3.05, 3.63) is 24.4 Å². The van der Waals surface area contributed by atoms with E-state index in [2.05, 4.69) is 11.9 Å². The molecule has 8 heteroatoms. The van der Waals surface area contributed by atoms with Crippen LogP contribution in [0, 0.1) is 0 Å². The second-order valence-electron chi connectivity index (χ2n) is 5.80. The van der Waals surface area contributed by atoms with Crippen LogP contribution in [0.25, 0.3) is 0 Å². The van der Waals surface area contributed by atoms with E-state index in [0.717, 1.165) is 24.3 Å². The van der Waals surface area contributed by atoms with Gasteiger partial charge in [0.25, 0.3) is 11.8 Å². The van der Waals surface area contributed by atoms with Crippen molar-refractivity contribution in [2.45, 2.75) is 62.1 Å². The largest absolute Gasteiger partial charge is 0.333 e. The number of hydrogen-bond donors (Lipinski definition) is 0. The zero-order chi connectivity index (χ0) is 18.1. The van der Waals surface area contributed by atoms with Gasteiger partial charge >= 0.3 is 5.97 Å². The van der Waals surface area contributed by atoms with Gasteiger partial charge in [-0.3, -0.25) is 9.59 Å². The molecule has 1 aliphatic heterocycles. The third-order valence-electron chi connectivity index (χ3n) is 3.63. The summed E-state index contributed by atoms with van der Waals surface area (Å²) in [6.07, 6.45) is 5.94. The highest BCUT2D eigenvalue weighted by Gasteiger charge is 2.32. The summed E-state index contributed by atoms with van der Waals surface area (Å²) in [5.74, 6) is -1.39. The first-order chi connectivity index (χ1) is 12.1. The molecule has 1 saturated heterocycles. The van der Waals surface area contributed by atoms with Crippen molar-refractivity contribution in [1.29, 1.82) is 0 Å². The Hall–Kier alpha value is -1.54. The summed E-state index contributed by atoms with van der Waals surface area (Å²) >= 11 is 0. The molecule has 1 aromatic rings. The minimum absolute atomic E-state index is 0.123. The predicted molar refractivity (Wildman–Crippen MR) is 97.4 cm³/mol. The summed E-state index contributed by atoms with van der Waals surface area (Å²) in [7, 11) is 3.47. The van der Waals surface area contributed by atoms with Crippen LogP contribution in [0.4, 0.5) is 0 Å². The highest BCUT2D eigenvalue weighted by Crippen LogP contribution is 2.34. The number of nitrogens with zero attached hydrogens (tertiary/aromatic N) is 2. The van der Waals surface area contributed by atoms with E-state index in [1.54, 1.807) is 27.8 Å². The van der Waals surface area contributed by atoms with Gasteiger partial charge in [-0.2, -0.15) is 0 Å². The van der Waals surface area contributed by atoms with E-state index in [1.807, 2.05) is 18.2 Å². The van der Waals surface area contributed by atoms with E-state index < -0.39 is 17.8 Å². The Morgan fingerprint density at radius 1 is 1.24 bits per heavy atom. The number of carbonyl (C=O) groups is 3. The van der Waals surface area contributed by atoms with Crippen molar-refractivity contribution in [3.8, 4) is 0 Å². The molecule has 2 amide bonds. The molecule has 6 nitrogen and oxygen atoms in total. The van der Waals surface area contributed by atoms with Crippen molar-refractivity contribution in [2.24, 2.45) is 0 Å². The van der Waals surface area contributed by atoms with E-state index in [-0.39, 0.29) is 19.3 Å². The predicted octanol–water partition coefficient (Wildman–Crippen LogP) is 3.77. The Balaban J connectivity index is 1.51. The van der Waals surface area contributed by atoms with Gasteiger partial charge in [0.15, 0.2) is 0 Å². The molecule has 1 fully saturated rings. The van der Waals surface area contributed by atoms with Crippen molar-refractivity contribution in [2.75, 3.05) is 0 Å². The van der Waals surface area contributed by atoms with Crippen molar-refractivity contribution < 1.29 is 19.2 Å². The van der Waals surface area contributed by atoms with E-state index in [0.29, 0.717) is 16.7 Å². The zero-order valence-electron chi connectivity index (χ0n) is 14.2. The van der Waals surface area contributed by atoms with Crippen LogP contribution < -0.4 is 0 Å². The molecular weight excluding hydrogens is 360 g/mol. The van der Waals surface area contributed by atoms with E-state index >= 15 is 0 Å². The van der Waals surface area contributed by atoms with Gasteiger partial charge in [-0.15, -0.1) is 5.06 Å². The fourth-order valence-corrected chi connectivity index (χ4v) is 4.40. The molecular formula is C17H22N2O4S2. The van der Waals surface area contributed by atoms with Crippen LogP contribution >= 0.6 is 21.6 Å². The van der Waals surface area contributed by atoms with Crippen molar-refractivity contribution >= 4 is 39.4 Å². The minimum Gasteiger partial charge on any atom is -0.330 e. The highest BCUT2D eigenvalue weighted by atomic mass is 33.1. The molecule has 0 N–H and O–H groups in total. The molecule has 25 heavy (non-hydrogen) atoms. The van der Waals surface area contributed by atoms with Crippen LogP contribution in [0.3, 0.4) is 0 Å². The zero-order valence-corrected chi connectivity index (χ0v) is 15.8. The van der Waals surface area contributed by atoms with Crippen LogP contribution in [0.15, 0.2) is 29.4 Å². The average molecular weight is 383 g/mol. The number of unbranched alkanes of at least 4 members (excludes halogenated alkanes) is 2. The van der Waals surface area contributed by atoms with Crippen LogP contribution in [-0.4, -0.2) is 33.1 Å². The fraction of sp³-hybridized carbons (Fsp3) is 0.529. The van der Waals surface area contributed by atoms with Gasteiger partial charge in [0.2, 0.25) is 0 Å². The number of aromatic nitrogens is 1. The monoisotopic (exact) mass is 382 g/mol. The number of hydroxylamine groups is 2. The molecule has 0 bridgehead atoms. The van der Waals surface area contributed by atoms with Crippen molar-refractivity contribution in [1.82, 2.24) is 10.0 Å². The van der Waals surface area contributed by atoms with Gasteiger partial charge in [0.05, 0.1) is 0 Å². The Morgan fingerprint density at radius 3 is 2.68 bits per heavy atom. The maximum atomic E-state index is 11.7. The first-order valence-corrected chi connectivity index (χ1v) is 10.6. The summed E-state index contributed by atoms with van der Waals surface area (Å²) in [4.78, 5) is 43.5. The lowest BCUT2D eigenvalue weighted by molar-refractivity contribution is -0.197. The lowest BCUT2D eigenvalue weighted by atomic mass is 10.1. The summed E-state index contributed by atoms with van der Waals surface area (Å²) in [5.41, 5.74) is 0. The molecule has 1 aromatic heterocycles. The summed E-state index contributed by atoms with van der Waals surface area (Å²) in [6.45, 7) is 2.18. The lowest BCUT2D eigenvalue weighted by Crippen LogP contribution is -2.31. The molecule has 2 rings (SSSR count). The van der Waals surface area contributed by atoms with Crippen molar-refractivity contribution in [3.63, 3.8) is 0 Å². The van der Waals surface area contributed by atoms with Gasteiger partial charge in [-0.1, -0.05) is 36.6 Å². The molecule has 136 valence electrons. The van der Waals surface area contributed by atoms with Gasteiger partial charge < -0.3 is 4.84 Å². The Kier molecular flexibility index (Phi) is 8.27. The number of imide groups is 1. The normalized spacial score (nSPS) is 15.5. The Labute approximate surface area is 155 Å². The van der Waals surface area contributed by atoms with Crippen LogP contribution in [0.2, 0.25) is 0 Å². The first kappa shape index (κ1) is 19.8. The molecule has 0 aliphatic carbocycles. The molecule has 0 spiro atoms. The van der Waals surface area contributed by atoms with E-state index in [4.69, 9.17) is 4.84 Å². The molecule has 0 aromatic carbocycles. The molecule has 0 saturated carbocycles. The quantitative estimate of drug-likeness (QED) is 0.346. The summed E-state index contributed by atoms with van der Waals surface area (Å²) < 4.78 is 0. The van der Waals surface area contributed by atoms with E-state index in [9.17, 15) is 14.4 Å². The number of carbonyl (C=O) groups excluding carboxylic acids is 3. The Morgan fingerprint density at radius 2 is 2.00 bits per heavy atom. The minimum atomic E-state index is -0.517.